The van der Waals surface area contributed by atoms with Gasteiger partial charge in [0.25, 0.3) is 0 Å². The van der Waals surface area contributed by atoms with Gasteiger partial charge in [-0.3, -0.25) is 0 Å². The fourth-order valence-electron chi connectivity index (χ4n) is 4.68. The van der Waals surface area contributed by atoms with Crippen LogP contribution in [0.25, 0.3) is 10.8 Å². The molecule has 0 unspecified atom stereocenters. The molecule has 4 aromatic rings. The third-order valence-electron chi connectivity index (χ3n) is 6.61. The SMILES string of the molecule is O=C(OCCOc1ccc([C@@H]2CCNC[C@H]2OCc2ccc3ccccc3c2)cc1)c1ccccc1. The number of fused-ring (bicyclic) bond motifs is 1. The van der Waals surface area contributed by atoms with Crippen molar-refractivity contribution in [2.24, 2.45) is 0 Å². The molecule has 184 valence electrons. The molecule has 1 saturated heterocycles. The van der Waals surface area contributed by atoms with Crippen LogP contribution in [0, 0.1) is 0 Å². The summed E-state index contributed by atoms with van der Waals surface area (Å²) in [6.45, 7) is 2.92. The zero-order valence-electron chi connectivity index (χ0n) is 20.3. The zero-order valence-corrected chi connectivity index (χ0v) is 20.3. The summed E-state index contributed by atoms with van der Waals surface area (Å²) < 4.78 is 17.5. The number of carbonyl (C=O) groups excluding carboxylic acids is 1. The maximum absolute atomic E-state index is 12.0. The first-order chi connectivity index (χ1) is 17.8. The normalized spacial score (nSPS) is 17.6. The van der Waals surface area contributed by atoms with E-state index in [4.69, 9.17) is 14.2 Å². The molecule has 0 amide bonds. The van der Waals surface area contributed by atoms with E-state index in [9.17, 15) is 4.79 Å². The largest absolute Gasteiger partial charge is 0.490 e. The summed E-state index contributed by atoms with van der Waals surface area (Å²) in [6.07, 6.45) is 1.13. The molecule has 0 radical (unpaired) electrons. The van der Waals surface area contributed by atoms with Crippen LogP contribution in [0.2, 0.25) is 0 Å². The molecule has 1 aliphatic rings. The van der Waals surface area contributed by atoms with Crippen LogP contribution in [-0.4, -0.2) is 38.4 Å². The molecule has 1 N–H and O–H groups in total. The van der Waals surface area contributed by atoms with E-state index < -0.39 is 0 Å². The molecule has 2 atom stereocenters. The average molecular weight is 482 g/mol. The van der Waals surface area contributed by atoms with Crippen molar-refractivity contribution in [1.82, 2.24) is 5.32 Å². The lowest BCUT2D eigenvalue weighted by Crippen LogP contribution is -2.40. The number of esters is 1. The van der Waals surface area contributed by atoms with Crippen LogP contribution in [-0.2, 0) is 16.1 Å². The number of rotatable bonds is 9. The highest BCUT2D eigenvalue weighted by atomic mass is 16.6. The third-order valence-corrected chi connectivity index (χ3v) is 6.61. The van der Waals surface area contributed by atoms with Gasteiger partial charge in [0.1, 0.15) is 19.0 Å². The Hall–Kier alpha value is -3.67. The van der Waals surface area contributed by atoms with Crippen LogP contribution in [0.3, 0.4) is 0 Å². The Morgan fingerprint density at radius 2 is 1.61 bits per heavy atom. The highest BCUT2D eigenvalue weighted by Gasteiger charge is 2.27. The van der Waals surface area contributed by atoms with Gasteiger partial charge in [0.05, 0.1) is 18.3 Å². The molecule has 0 aliphatic carbocycles. The van der Waals surface area contributed by atoms with Gasteiger partial charge in [-0.25, -0.2) is 4.79 Å². The summed E-state index contributed by atoms with van der Waals surface area (Å²) in [7, 11) is 0. The Balaban J connectivity index is 1.13. The molecule has 1 fully saturated rings. The average Bonchev–Trinajstić information content (AvgIpc) is 2.95. The van der Waals surface area contributed by atoms with Gasteiger partial charge >= 0.3 is 5.97 Å². The van der Waals surface area contributed by atoms with E-state index in [2.05, 4.69) is 59.9 Å². The van der Waals surface area contributed by atoms with Crippen molar-refractivity contribution < 1.29 is 19.0 Å². The van der Waals surface area contributed by atoms with Crippen molar-refractivity contribution in [1.29, 1.82) is 0 Å². The number of nitrogens with one attached hydrogen (secondary N) is 1. The Kier molecular flexibility index (Phi) is 7.91. The van der Waals surface area contributed by atoms with Gasteiger partial charge in [-0.15, -0.1) is 0 Å². The van der Waals surface area contributed by atoms with E-state index in [0.29, 0.717) is 24.7 Å². The number of benzene rings is 4. The predicted octanol–water partition coefficient (Wildman–Crippen LogP) is 5.74. The minimum atomic E-state index is -0.338. The first-order valence-electron chi connectivity index (χ1n) is 12.5. The van der Waals surface area contributed by atoms with Crippen molar-refractivity contribution in [3.63, 3.8) is 0 Å². The van der Waals surface area contributed by atoms with Crippen LogP contribution < -0.4 is 10.1 Å². The van der Waals surface area contributed by atoms with Crippen molar-refractivity contribution in [3.05, 3.63) is 114 Å². The third kappa shape index (κ3) is 6.11. The van der Waals surface area contributed by atoms with Crippen LogP contribution in [0.15, 0.2) is 97.1 Å². The highest BCUT2D eigenvalue weighted by Crippen LogP contribution is 2.30. The fraction of sp³-hybridized carbons (Fsp3) is 0.258. The lowest BCUT2D eigenvalue weighted by atomic mass is 9.87. The van der Waals surface area contributed by atoms with Crippen molar-refractivity contribution >= 4 is 16.7 Å². The molecule has 36 heavy (non-hydrogen) atoms. The van der Waals surface area contributed by atoms with Gasteiger partial charge in [-0.2, -0.15) is 0 Å². The minimum absolute atomic E-state index is 0.106. The number of hydrogen-bond donors (Lipinski definition) is 1. The van der Waals surface area contributed by atoms with E-state index in [-0.39, 0.29) is 18.7 Å². The molecule has 0 aromatic heterocycles. The smallest absolute Gasteiger partial charge is 0.338 e. The lowest BCUT2D eigenvalue weighted by Gasteiger charge is -2.32. The van der Waals surface area contributed by atoms with E-state index in [1.165, 1.54) is 21.9 Å². The quantitative estimate of drug-likeness (QED) is 0.244. The van der Waals surface area contributed by atoms with E-state index >= 15 is 0 Å². The Morgan fingerprint density at radius 1 is 0.833 bits per heavy atom. The molecule has 0 saturated carbocycles. The summed E-state index contributed by atoms with van der Waals surface area (Å²) in [5.74, 6) is 0.750. The number of ether oxygens (including phenoxy) is 3. The molecule has 5 heteroatoms. The molecule has 1 aliphatic heterocycles. The van der Waals surface area contributed by atoms with Crippen LogP contribution in [0.1, 0.15) is 33.8 Å². The minimum Gasteiger partial charge on any atom is -0.490 e. The van der Waals surface area contributed by atoms with E-state index in [1.54, 1.807) is 12.1 Å². The summed E-state index contributed by atoms with van der Waals surface area (Å²) in [5, 5.41) is 5.96. The number of piperidine rings is 1. The van der Waals surface area contributed by atoms with Gasteiger partial charge in [-0.1, -0.05) is 66.7 Å². The van der Waals surface area contributed by atoms with Crippen LogP contribution in [0.4, 0.5) is 0 Å². The van der Waals surface area contributed by atoms with Gasteiger partial charge in [0, 0.05) is 12.5 Å². The maximum atomic E-state index is 12.0. The van der Waals surface area contributed by atoms with Crippen LogP contribution in [0.5, 0.6) is 5.75 Å². The van der Waals surface area contributed by atoms with Crippen molar-refractivity contribution in [3.8, 4) is 5.75 Å². The zero-order chi connectivity index (χ0) is 24.6. The predicted molar refractivity (Wildman–Crippen MR) is 141 cm³/mol. The van der Waals surface area contributed by atoms with Gasteiger partial charge in [0.15, 0.2) is 0 Å². The van der Waals surface area contributed by atoms with Crippen molar-refractivity contribution in [2.45, 2.75) is 25.0 Å². The molecule has 0 bridgehead atoms. The highest BCUT2D eigenvalue weighted by molar-refractivity contribution is 5.89. The molecular weight excluding hydrogens is 450 g/mol. The van der Waals surface area contributed by atoms with Gasteiger partial charge in [-0.05, 0) is 65.2 Å². The first-order valence-corrected chi connectivity index (χ1v) is 12.5. The van der Waals surface area contributed by atoms with E-state index in [1.807, 2.05) is 30.3 Å². The molecule has 1 heterocycles. The second-order valence-corrected chi connectivity index (χ2v) is 9.05. The Labute approximate surface area is 212 Å². The standard InChI is InChI=1S/C31H31NO4/c33-31(26-7-2-1-3-8-26)35-19-18-34-28-14-12-25(13-15-28)29-16-17-32-21-30(29)36-22-23-10-11-24-6-4-5-9-27(24)20-23/h1-15,20,29-30,32H,16-19,21-22H2/t29-,30+/m0/s1. The molecular formula is C31H31NO4. The maximum Gasteiger partial charge on any atom is 0.338 e. The molecule has 5 rings (SSSR count). The topological polar surface area (TPSA) is 56.8 Å². The fourth-order valence-corrected chi connectivity index (χ4v) is 4.68. The second kappa shape index (κ2) is 11.8. The molecule has 0 spiro atoms. The Morgan fingerprint density at radius 3 is 2.44 bits per heavy atom. The number of hydrogen-bond acceptors (Lipinski definition) is 5. The monoisotopic (exact) mass is 481 g/mol. The van der Waals surface area contributed by atoms with Gasteiger partial charge < -0.3 is 19.5 Å². The Bertz CT molecular complexity index is 1270. The summed E-state index contributed by atoms with van der Waals surface area (Å²) >= 11 is 0. The second-order valence-electron chi connectivity index (χ2n) is 9.05. The summed E-state index contributed by atoms with van der Waals surface area (Å²) in [5.41, 5.74) is 2.99. The van der Waals surface area contributed by atoms with Crippen molar-refractivity contribution in [2.75, 3.05) is 26.3 Å². The summed E-state index contributed by atoms with van der Waals surface area (Å²) in [6, 6.07) is 32.1. The van der Waals surface area contributed by atoms with Gasteiger partial charge in [0.2, 0.25) is 0 Å². The lowest BCUT2D eigenvalue weighted by molar-refractivity contribution is 0.0106. The van der Waals surface area contributed by atoms with E-state index in [0.717, 1.165) is 25.3 Å². The first kappa shape index (κ1) is 24.0. The molecule has 5 nitrogen and oxygen atoms in total. The summed E-state index contributed by atoms with van der Waals surface area (Å²) in [4.78, 5) is 12.0. The number of carbonyl (C=O) groups is 1. The molecule has 4 aromatic carbocycles. The van der Waals surface area contributed by atoms with Crippen LogP contribution >= 0.6 is 0 Å².